The lowest BCUT2D eigenvalue weighted by Crippen LogP contribution is -2.35. The highest BCUT2D eigenvalue weighted by Crippen LogP contribution is 2.34. The summed E-state index contributed by atoms with van der Waals surface area (Å²) in [4.78, 5) is 34.0. The number of hydrogen-bond donors (Lipinski definition) is 2. The number of nitro groups is 1. The van der Waals surface area contributed by atoms with Crippen LogP contribution in [-0.4, -0.2) is 21.9 Å². The van der Waals surface area contributed by atoms with Crippen molar-refractivity contribution >= 4 is 46.5 Å². The molecule has 0 heterocycles. The number of benzene rings is 1. The maximum Gasteiger partial charge on any atom is 0.307 e. The average Bonchev–Trinajstić information content (AvgIpc) is 2.48. The number of amides is 1. The van der Waals surface area contributed by atoms with E-state index in [9.17, 15) is 24.8 Å². The molecule has 2 rings (SSSR count). The van der Waals surface area contributed by atoms with Gasteiger partial charge in [0, 0.05) is 16.1 Å². The first kappa shape index (κ1) is 17.2. The summed E-state index contributed by atoms with van der Waals surface area (Å²) in [7, 11) is 0. The van der Waals surface area contributed by atoms with Crippen LogP contribution in [-0.2, 0) is 9.59 Å². The summed E-state index contributed by atoms with van der Waals surface area (Å²) in [6, 6.07) is 3.81. The molecule has 0 saturated carbocycles. The number of nitrogens with zero attached hydrogens (tertiary/aromatic N) is 1. The average molecular weight is 359 g/mol. The molecule has 0 unspecified atom stereocenters. The molecular weight excluding hydrogens is 347 g/mol. The fourth-order valence-corrected chi connectivity index (χ4v) is 2.81. The third-order valence-corrected chi connectivity index (χ3v) is 4.11. The number of carboxylic acids is 1. The topological polar surface area (TPSA) is 110 Å². The highest BCUT2D eigenvalue weighted by molar-refractivity contribution is 6.31. The molecule has 2 atom stereocenters. The van der Waals surface area contributed by atoms with Gasteiger partial charge in [0.05, 0.1) is 16.8 Å². The van der Waals surface area contributed by atoms with Crippen LogP contribution in [0.2, 0.25) is 5.02 Å². The summed E-state index contributed by atoms with van der Waals surface area (Å²) >= 11 is 11.6. The van der Waals surface area contributed by atoms with Crippen molar-refractivity contribution in [2.24, 2.45) is 11.8 Å². The van der Waals surface area contributed by atoms with Crippen molar-refractivity contribution < 1.29 is 19.6 Å². The normalized spacial score (nSPS) is 20.5. The Hall–Kier alpha value is -2.12. The molecule has 1 aromatic rings. The van der Waals surface area contributed by atoms with Gasteiger partial charge in [0.15, 0.2) is 0 Å². The Morgan fingerprint density at radius 3 is 2.61 bits per heavy atom. The van der Waals surface area contributed by atoms with E-state index >= 15 is 0 Å². The second-order valence-corrected chi connectivity index (χ2v) is 5.97. The van der Waals surface area contributed by atoms with Crippen LogP contribution in [0.5, 0.6) is 0 Å². The molecule has 0 aliphatic heterocycles. The summed E-state index contributed by atoms with van der Waals surface area (Å²) in [6.07, 6.45) is 1.77. The summed E-state index contributed by atoms with van der Waals surface area (Å²) < 4.78 is 0. The molecule has 0 radical (unpaired) electrons. The summed E-state index contributed by atoms with van der Waals surface area (Å²) in [5.74, 6) is -3.57. The monoisotopic (exact) mass is 358 g/mol. The number of carbonyl (C=O) groups excluding carboxylic acids is 1. The van der Waals surface area contributed by atoms with Crippen molar-refractivity contribution in [3.05, 3.63) is 44.4 Å². The molecule has 122 valence electrons. The highest BCUT2D eigenvalue weighted by Gasteiger charge is 2.36. The molecule has 0 spiro atoms. The summed E-state index contributed by atoms with van der Waals surface area (Å²) in [5.41, 5.74) is -0.408. The quantitative estimate of drug-likeness (QED) is 0.632. The van der Waals surface area contributed by atoms with Crippen molar-refractivity contribution in [1.82, 2.24) is 0 Å². The van der Waals surface area contributed by atoms with E-state index in [-0.39, 0.29) is 29.2 Å². The number of carboxylic acid groups (broad SMARTS) is 1. The minimum Gasteiger partial charge on any atom is -0.481 e. The van der Waals surface area contributed by atoms with Crippen LogP contribution in [0.25, 0.3) is 0 Å². The van der Waals surface area contributed by atoms with Gasteiger partial charge >= 0.3 is 5.97 Å². The van der Waals surface area contributed by atoms with Crippen molar-refractivity contribution in [2.75, 3.05) is 5.32 Å². The van der Waals surface area contributed by atoms with E-state index < -0.39 is 28.6 Å². The second-order valence-electron chi connectivity index (χ2n) is 5.05. The van der Waals surface area contributed by atoms with Crippen molar-refractivity contribution in [3.63, 3.8) is 0 Å². The van der Waals surface area contributed by atoms with Gasteiger partial charge in [-0.2, -0.15) is 0 Å². The fraction of sp³-hybridized carbons (Fsp3) is 0.286. The molecule has 7 nitrogen and oxygen atoms in total. The highest BCUT2D eigenvalue weighted by atomic mass is 35.5. The van der Waals surface area contributed by atoms with Crippen LogP contribution in [0.3, 0.4) is 0 Å². The van der Waals surface area contributed by atoms with Gasteiger partial charge in [0.25, 0.3) is 5.69 Å². The molecule has 0 bridgehead atoms. The molecule has 1 amide bonds. The van der Waals surface area contributed by atoms with Crippen LogP contribution in [0.15, 0.2) is 29.3 Å². The Morgan fingerprint density at radius 1 is 1.30 bits per heavy atom. The molecule has 0 aromatic heterocycles. The first-order chi connectivity index (χ1) is 10.8. The molecule has 1 aliphatic rings. The Balaban J connectivity index is 2.26. The summed E-state index contributed by atoms with van der Waals surface area (Å²) in [6.45, 7) is 0. The Labute approximate surface area is 141 Å². The number of anilines is 1. The van der Waals surface area contributed by atoms with E-state index in [2.05, 4.69) is 5.32 Å². The van der Waals surface area contributed by atoms with Crippen LogP contribution in [0.4, 0.5) is 11.4 Å². The summed E-state index contributed by atoms with van der Waals surface area (Å²) in [5, 5.41) is 23.2. The van der Waals surface area contributed by atoms with Gasteiger partial charge in [-0.05, 0) is 25.0 Å². The van der Waals surface area contributed by atoms with Crippen LogP contribution < -0.4 is 5.32 Å². The van der Waals surface area contributed by atoms with E-state index in [1.807, 2.05) is 0 Å². The Kier molecular flexibility index (Phi) is 5.23. The lowest BCUT2D eigenvalue weighted by molar-refractivity contribution is -0.383. The van der Waals surface area contributed by atoms with Gasteiger partial charge in [-0.3, -0.25) is 19.7 Å². The molecule has 0 saturated heterocycles. The zero-order chi connectivity index (χ0) is 17.1. The maximum absolute atomic E-state index is 12.4. The third-order valence-electron chi connectivity index (χ3n) is 3.56. The predicted molar refractivity (Wildman–Crippen MR) is 84.5 cm³/mol. The van der Waals surface area contributed by atoms with Gasteiger partial charge in [-0.1, -0.05) is 29.3 Å². The van der Waals surface area contributed by atoms with E-state index in [0.717, 1.165) is 6.07 Å². The molecule has 1 aliphatic carbocycles. The van der Waals surface area contributed by atoms with Gasteiger partial charge in [0.2, 0.25) is 5.91 Å². The van der Waals surface area contributed by atoms with Crippen molar-refractivity contribution in [1.29, 1.82) is 0 Å². The number of nitro benzene ring substituents is 1. The van der Waals surface area contributed by atoms with Crippen LogP contribution >= 0.6 is 23.2 Å². The Bertz CT molecular complexity index is 704. The van der Waals surface area contributed by atoms with Crippen molar-refractivity contribution in [2.45, 2.75) is 12.8 Å². The largest absolute Gasteiger partial charge is 0.481 e. The maximum atomic E-state index is 12.4. The third kappa shape index (κ3) is 4.00. The second kappa shape index (κ2) is 6.97. The lowest BCUT2D eigenvalue weighted by Gasteiger charge is -2.25. The van der Waals surface area contributed by atoms with Crippen molar-refractivity contribution in [3.8, 4) is 0 Å². The van der Waals surface area contributed by atoms with Gasteiger partial charge in [0.1, 0.15) is 5.69 Å². The number of halogens is 2. The standard InChI is InChI=1S/C14H12Cl2N2O5/c15-7-1-3-9(14(20)21)10(5-7)13(19)17-11-4-2-8(16)6-12(11)18(22)23/h1-2,4,6,9-10H,3,5H2,(H,17,19)(H,20,21)/t9-,10-/m0/s1. The first-order valence-corrected chi connectivity index (χ1v) is 7.37. The van der Waals surface area contributed by atoms with Gasteiger partial charge in [-0.15, -0.1) is 0 Å². The number of hydrogen-bond acceptors (Lipinski definition) is 4. The number of rotatable bonds is 4. The molecule has 2 N–H and O–H groups in total. The van der Waals surface area contributed by atoms with E-state index in [1.54, 1.807) is 6.08 Å². The molecule has 23 heavy (non-hydrogen) atoms. The Morgan fingerprint density at radius 2 is 2.00 bits per heavy atom. The van der Waals surface area contributed by atoms with Crippen LogP contribution in [0, 0.1) is 22.0 Å². The minimum absolute atomic E-state index is 0.0424. The fourth-order valence-electron chi connectivity index (χ4n) is 2.39. The number of aliphatic carboxylic acids is 1. The van der Waals surface area contributed by atoms with E-state index in [1.165, 1.54) is 12.1 Å². The molecule has 1 aromatic carbocycles. The van der Waals surface area contributed by atoms with E-state index in [0.29, 0.717) is 5.03 Å². The lowest BCUT2D eigenvalue weighted by atomic mass is 9.82. The van der Waals surface area contributed by atoms with E-state index in [4.69, 9.17) is 23.2 Å². The molecular formula is C14H12Cl2N2O5. The number of nitrogens with one attached hydrogen (secondary N) is 1. The smallest absolute Gasteiger partial charge is 0.307 e. The minimum atomic E-state index is -1.11. The van der Waals surface area contributed by atoms with Gasteiger partial charge < -0.3 is 10.4 Å². The zero-order valence-electron chi connectivity index (χ0n) is 11.7. The molecule has 9 heteroatoms. The SMILES string of the molecule is O=C(O)[C@H]1CC=C(Cl)C[C@@H]1C(=O)Nc1ccc(Cl)cc1[N+](=O)[O-]. The zero-order valence-corrected chi connectivity index (χ0v) is 13.2. The first-order valence-electron chi connectivity index (χ1n) is 6.61. The number of allylic oxidation sites excluding steroid dienone is 2. The molecule has 0 fully saturated rings. The predicted octanol–water partition coefficient (Wildman–Crippen LogP) is 3.42. The van der Waals surface area contributed by atoms with Gasteiger partial charge in [-0.25, -0.2) is 0 Å². The number of carbonyl (C=O) groups is 2. The van der Waals surface area contributed by atoms with Crippen LogP contribution in [0.1, 0.15) is 12.8 Å².